The van der Waals surface area contributed by atoms with Crippen LogP contribution in [-0.2, 0) is 4.79 Å². The van der Waals surface area contributed by atoms with Crippen LogP contribution in [0.1, 0.15) is 50.2 Å². The average molecular weight is 295 g/mol. The zero-order chi connectivity index (χ0) is 15.3. The second-order valence-electron chi connectivity index (χ2n) is 5.80. The lowest BCUT2D eigenvalue weighted by Gasteiger charge is -2.31. The molecule has 1 aliphatic rings. The van der Waals surface area contributed by atoms with Gasteiger partial charge in [0.1, 0.15) is 5.82 Å². The number of nitrogens with one attached hydrogen (secondary N) is 1. The Morgan fingerprint density at radius 2 is 1.95 bits per heavy atom. The van der Waals surface area contributed by atoms with Crippen molar-refractivity contribution in [2.75, 3.05) is 6.54 Å². The maximum absolute atomic E-state index is 13.5. The molecule has 5 heteroatoms. The molecule has 0 aliphatic heterocycles. The molecule has 0 bridgehead atoms. The van der Waals surface area contributed by atoms with Crippen LogP contribution in [0.3, 0.4) is 0 Å². The summed E-state index contributed by atoms with van der Waals surface area (Å²) in [6.45, 7) is -0.0597. The van der Waals surface area contributed by atoms with E-state index in [9.17, 15) is 19.4 Å². The molecule has 1 unspecified atom stereocenters. The van der Waals surface area contributed by atoms with Gasteiger partial charge in [0.05, 0.1) is 18.1 Å². The monoisotopic (exact) mass is 295 g/mol. The minimum absolute atomic E-state index is 0.0387. The maximum Gasteiger partial charge on any atom is 0.222 e. The molecule has 4 nitrogen and oxygen atoms in total. The molecule has 0 saturated heterocycles. The zero-order valence-electron chi connectivity index (χ0n) is 12.0. The summed E-state index contributed by atoms with van der Waals surface area (Å²) < 4.78 is 13.5. The molecule has 3 N–H and O–H groups in total. The van der Waals surface area contributed by atoms with Crippen LogP contribution >= 0.6 is 0 Å². The SMILES string of the molecule is O=C(CC1(O)CCCCC1)NCC(O)c1ccccc1F. The van der Waals surface area contributed by atoms with Crippen molar-refractivity contribution in [2.45, 2.75) is 50.2 Å². The van der Waals surface area contributed by atoms with Crippen LogP contribution in [-0.4, -0.2) is 28.3 Å². The lowest BCUT2D eigenvalue weighted by Crippen LogP contribution is -2.39. The van der Waals surface area contributed by atoms with Crippen molar-refractivity contribution in [1.29, 1.82) is 0 Å². The Labute approximate surface area is 124 Å². The molecule has 116 valence electrons. The molecule has 1 atom stereocenters. The first kappa shape index (κ1) is 15.9. The van der Waals surface area contributed by atoms with Crippen molar-refractivity contribution < 1.29 is 19.4 Å². The Kier molecular flexibility index (Phi) is 5.31. The third kappa shape index (κ3) is 4.51. The lowest BCUT2D eigenvalue weighted by atomic mass is 9.82. The number of aliphatic hydroxyl groups is 2. The fourth-order valence-corrected chi connectivity index (χ4v) is 2.81. The summed E-state index contributed by atoms with van der Waals surface area (Å²) in [4.78, 5) is 11.9. The van der Waals surface area contributed by atoms with E-state index < -0.39 is 17.5 Å². The maximum atomic E-state index is 13.5. The molecule has 1 aromatic rings. The highest BCUT2D eigenvalue weighted by Crippen LogP contribution is 2.30. The van der Waals surface area contributed by atoms with Gasteiger partial charge in [0, 0.05) is 12.1 Å². The van der Waals surface area contributed by atoms with Gasteiger partial charge < -0.3 is 15.5 Å². The van der Waals surface area contributed by atoms with Crippen molar-refractivity contribution in [2.24, 2.45) is 0 Å². The third-order valence-electron chi connectivity index (χ3n) is 4.03. The normalized spacial score (nSPS) is 19.0. The van der Waals surface area contributed by atoms with Crippen LogP contribution in [0.4, 0.5) is 4.39 Å². The fraction of sp³-hybridized carbons (Fsp3) is 0.562. The Morgan fingerprint density at radius 1 is 1.29 bits per heavy atom. The molecule has 21 heavy (non-hydrogen) atoms. The van der Waals surface area contributed by atoms with E-state index in [1.54, 1.807) is 12.1 Å². The molecular formula is C16H22FNO3. The van der Waals surface area contributed by atoms with E-state index in [1.807, 2.05) is 0 Å². The first-order chi connectivity index (χ1) is 10.0. The fourth-order valence-electron chi connectivity index (χ4n) is 2.81. The van der Waals surface area contributed by atoms with Crippen molar-refractivity contribution in [3.63, 3.8) is 0 Å². The highest BCUT2D eigenvalue weighted by molar-refractivity contribution is 5.77. The van der Waals surface area contributed by atoms with Gasteiger partial charge in [-0.05, 0) is 18.9 Å². The summed E-state index contributed by atoms with van der Waals surface area (Å²) >= 11 is 0. The van der Waals surface area contributed by atoms with Crippen molar-refractivity contribution in [3.05, 3.63) is 35.6 Å². The van der Waals surface area contributed by atoms with E-state index in [0.29, 0.717) is 12.8 Å². The standard InChI is InChI=1S/C16H22FNO3/c17-13-7-3-2-6-12(13)14(19)11-18-15(20)10-16(21)8-4-1-5-9-16/h2-3,6-7,14,19,21H,1,4-5,8-11H2,(H,18,20). The third-order valence-corrected chi connectivity index (χ3v) is 4.03. The van der Waals surface area contributed by atoms with Crippen LogP contribution in [0.15, 0.2) is 24.3 Å². The van der Waals surface area contributed by atoms with Crippen molar-refractivity contribution >= 4 is 5.91 Å². The summed E-state index contributed by atoms with van der Waals surface area (Å²) in [6, 6.07) is 5.93. The van der Waals surface area contributed by atoms with Gasteiger partial charge in [-0.1, -0.05) is 37.5 Å². The first-order valence-corrected chi connectivity index (χ1v) is 7.42. The predicted molar refractivity (Wildman–Crippen MR) is 77.0 cm³/mol. The highest BCUT2D eigenvalue weighted by atomic mass is 19.1. The number of halogens is 1. The molecule has 1 aliphatic carbocycles. The largest absolute Gasteiger partial charge is 0.389 e. The van der Waals surface area contributed by atoms with Gasteiger partial charge in [-0.3, -0.25) is 4.79 Å². The molecule has 1 fully saturated rings. The minimum atomic E-state index is -1.09. The number of hydrogen-bond acceptors (Lipinski definition) is 3. The summed E-state index contributed by atoms with van der Waals surface area (Å²) in [6.07, 6.45) is 3.18. The van der Waals surface area contributed by atoms with Crippen LogP contribution in [0.2, 0.25) is 0 Å². The molecule has 1 saturated carbocycles. The van der Waals surface area contributed by atoms with Gasteiger partial charge in [0.2, 0.25) is 5.91 Å². The highest BCUT2D eigenvalue weighted by Gasteiger charge is 2.31. The summed E-state index contributed by atoms with van der Waals surface area (Å²) in [7, 11) is 0. The zero-order valence-corrected chi connectivity index (χ0v) is 12.0. The van der Waals surface area contributed by atoms with Gasteiger partial charge >= 0.3 is 0 Å². The number of hydrogen-bond donors (Lipinski definition) is 3. The Bertz CT molecular complexity index is 486. The summed E-state index contributed by atoms with van der Waals surface area (Å²) in [5, 5.41) is 22.8. The molecule has 0 aromatic heterocycles. The van der Waals surface area contributed by atoms with E-state index in [2.05, 4.69) is 5.32 Å². The summed E-state index contributed by atoms with van der Waals surface area (Å²) in [5.74, 6) is -0.806. The predicted octanol–water partition coefficient (Wildman–Crippen LogP) is 2.06. The molecular weight excluding hydrogens is 273 g/mol. The van der Waals surface area contributed by atoms with Crippen molar-refractivity contribution in [1.82, 2.24) is 5.32 Å². The topological polar surface area (TPSA) is 69.6 Å². The molecule has 0 radical (unpaired) electrons. The second kappa shape index (κ2) is 7.00. The molecule has 1 aromatic carbocycles. The van der Waals surface area contributed by atoms with Gasteiger partial charge in [-0.2, -0.15) is 0 Å². The van der Waals surface area contributed by atoms with Crippen LogP contribution in [0, 0.1) is 5.82 Å². The number of rotatable bonds is 5. The number of carbonyl (C=O) groups excluding carboxylic acids is 1. The molecule has 0 heterocycles. The van der Waals surface area contributed by atoms with E-state index >= 15 is 0 Å². The van der Waals surface area contributed by atoms with Crippen LogP contribution < -0.4 is 5.32 Å². The summed E-state index contributed by atoms with van der Waals surface area (Å²) in [5.41, 5.74) is -0.764. The van der Waals surface area contributed by atoms with E-state index in [-0.39, 0.29) is 24.4 Å². The number of aliphatic hydroxyl groups excluding tert-OH is 1. The Hall–Kier alpha value is -1.46. The van der Waals surface area contributed by atoms with E-state index in [4.69, 9.17) is 0 Å². The van der Waals surface area contributed by atoms with E-state index in [0.717, 1.165) is 19.3 Å². The van der Waals surface area contributed by atoms with Crippen LogP contribution in [0.25, 0.3) is 0 Å². The number of amides is 1. The van der Waals surface area contributed by atoms with Gasteiger partial charge in [0.25, 0.3) is 0 Å². The number of benzene rings is 1. The van der Waals surface area contributed by atoms with Crippen LogP contribution in [0.5, 0.6) is 0 Å². The smallest absolute Gasteiger partial charge is 0.222 e. The van der Waals surface area contributed by atoms with Crippen molar-refractivity contribution in [3.8, 4) is 0 Å². The molecule has 0 spiro atoms. The van der Waals surface area contributed by atoms with Gasteiger partial charge in [-0.15, -0.1) is 0 Å². The van der Waals surface area contributed by atoms with Gasteiger partial charge in [0.15, 0.2) is 0 Å². The van der Waals surface area contributed by atoms with E-state index in [1.165, 1.54) is 12.1 Å². The minimum Gasteiger partial charge on any atom is -0.389 e. The lowest BCUT2D eigenvalue weighted by molar-refractivity contribution is -0.127. The average Bonchev–Trinajstić information content (AvgIpc) is 2.45. The first-order valence-electron chi connectivity index (χ1n) is 7.42. The Morgan fingerprint density at radius 3 is 2.62 bits per heavy atom. The quantitative estimate of drug-likeness (QED) is 0.779. The number of carbonyl (C=O) groups is 1. The molecule has 2 rings (SSSR count). The Balaban J connectivity index is 1.82. The second-order valence-corrected chi connectivity index (χ2v) is 5.80. The molecule has 1 amide bonds. The van der Waals surface area contributed by atoms with Gasteiger partial charge in [-0.25, -0.2) is 4.39 Å².